The molecule has 1 fully saturated rings. The monoisotopic (exact) mass is 382 g/mol. The average Bonchev–Trinajstić information content (AvgIpc) is 3.26. The maximum Gasteiger partial charge on any atom is 0.274 e. The van der Waals surface area contributed by atoms with Gasteiger partial charge in [-0.15, -0.1) is 11.3 Å². The highest BCUT2D eigenvalue weighted by molar-refractivity contribution is 7.22. The number of anilines is 2. The van der Waals surface area contributed by atoms with Gasteiger partial charge in [0.05, 0.1) is 27.0 Å². The van der Waals surface area contributed by atoms with Gasteiger partial charge in [0.1, 0.15) is 0 Å². The molecule has 1 saturated heterocycles. The van der Waals surface area contributed by atoms with Crippen molar-refractivity contribution >= 4 is 38.4 Å². The van der Waals surface area contributed by atoms with Gasteiger partial charge in [-0.05, 0) is 37.5 Å². The van der Waals surface area contributed by atoms with E-state index in [1.807, 2.05) is 30.0 Å². The second kappa shape index (κ2) is 7.11. The van der Waals surface area contributed by atoms with E-state index in [1.54, 1.807) is 12.3 Å². The predicted octanol–water partition coefficient (Wildman–Crippen LogP) is 3.32. The lowest BCUT2D eigenvalue weighted by Crippen LogP contribution is -2.29. The predicted molar refractivity (Wildman–Crippen MR) is 108 cm³/mol. The first-order valence-electron chi connectivity index (χ1n) is 9.05. The Morgan fingerprint density at radius 2 is 2.26 bits per heavy atom. The lowest BCUT2D eigenvalue weighted by Gasteiger charge is -2.17. The summed E-state index contributed by atoms with van der Waals surface area (Å²) < 4.78 is 0.744. The van der Waals surface area contributed by atoms with Crippen LogP contribution in [0.25, 0.3) is 10.2 Å². The van der Waals surface area contributed by atoms with Gasteiger partial charge < -0.3 is 16.0 Å². The van der Waals surface area contributed by atoms with E-state index in [9.17, 15) is 4.79 Å². The van der Waals surface area contributed by atoms with Crippen LogP contribution in [0.4, 0.5) is 10.9 Å². The molecule has 2 atom stereocenters. The van der Waals surface area contributed by atoms with Crippen LogP contribution >= 0.6 is 11.3 Å². The van der Waals surface area contributed by atoms with E-state index >= 15 is 0 Å². The number of nitrogens with one attached hydrogen (secondary N) is 1. The Kier molecular flexibility index (Phi) is 4.65. The van der Waals surface area contributed by atoms with Crippen molar-refractivity contribution in [2.75, 3.05) is 24.1 Å². The Hall–Kier alpha value is -2.74. The number of carbonyl (C=O) groups is 1. The third kappa shape index (κ3) is 3.57. The molecular weight excluding hydrogens is 360 g/mol. The minimum absolute atomic E-state index is 0.0536. The average molecular weight is 382 g/mol. The first kappa shape index (κ1) is 17.7. The second-order valence-corrected chi connectivity index (χ2v) is 8.11. The summed E-state index contributed by atoms with van der Waals surface area (Å²) in [7, 11) is 0. The summed E-state index contributed by atoms with van der Waals surface area (Å²) in [6.07, 6.45) is 2.77. The van der Waals surface area contributed by atoms with Crippen molar-refractivity contribution < 1.29 is 4.79 Å². The fourth-order valence-corrected chi connectivity index (χ4v) is 4.17. The molecule has 27 heavy (non-hydrogen) atoms. The lowest BCUT2D eigenvalue weighted by atomic mass is 10.2. The zero-order valence-electron chi connectivity index (χ0n) is 15.3. The van der Waals surface area contributed by atoms with Crippen LogP contribution < -0.4 is 11.1 Å². The van der Waals surface area contributed by atoms with Gasteiger partial charge in [0.2, 0.25) is 5.95 Å². The summed E-state index contributed by atoms with van der Waals surface area (Å²) in [5, 5.41) is 3.89. The molecule has 3 N–H and O–H groups in total. The highest BCUT2D eigenvalue weighted by Gasteiger charge is 2.28. The molecule has 0 bridgehead atoms. The van der Waals surface area contributed by atoms with Crippen molar-refractivity contribution in [2.24, 2.45) is 5.92 Å². The van der Waals surface area contributed by atoms with E-state index in [-0.39, 0.29) is 11.9 Å². The van der Waals surface area contributed by atoms with Crippen LogP contribution in [0.1, 0.15) is 42.5 Å². The summed E-state index contributed by atoms with van der Waals surface area (Å²) in [5.41, 5.74) is 7.97. The smallest absolute Gasteiger partial charge is 0.274 e. The molecule has 7 nitrogen and oxygen atoms in total. The van der Waals surface area contributed by atoms with E-state index in [4.69, 9.17) is 5.73 Å². The molecule has 1 aliphatic rings. The summed E-state index contributed by atoms with van der Waals surface area (Å²) in [4.78, 5) is 28.4. The number of nitrogens with two attached hydrogens (primary N) is 1. The zero-order valence-corrected chi connectivity index (χ0v) is 16.2. The number of pyridine rings is 1. The molecule has 1 amide bonds. The van der Waals surface area contributed by atoms with Crippen molar-refractivity contribution in [3.05, 3.63) is 41.9 Å². The van der Waals surface area contributed by atoms with E-state index < -0.39 is 0 Å². The minimum Gasteiger partial charge on any atom is -0.391 e. The molecule has 0 radical (unpaired) electrons. The van der Waals surface area contributed by atoms with Gasteiger partial charge in [0.15, 0.2) is 5.69 Å². The van der Waals surface area contributed by atoms with Gasteiger partial charge >= 0.3 is 0 Å². The molecule has 1 aliphatic heterocycles. The fraction of sp³-hybridized carbons (Fsp3) is 0.368. The van der Waals surface area contributed by atoms with Crippen LogP contribution in [-0.2, 0) is 0 Å². The van der Waals surface area contributed by atoms with E-state index in [1.165, 1.54) is 11.3 Å². The van der Waals surface area contributed by atoms with E-state index in [0.29, 0.717) is 28.1 Å². The van der Waals surface area contributed by atoms with Crippen LogP contribution in [0.3, 0.4) is 0 Å². The van der Waals surface area contributed by atoms with Crippen molar-refractivity contribution in [2.45, 2.75) is 26.3 Å². The van der Waals surface area contributed by atoms with E-state index in [0.717, 1.165) is 29.9 Å². The number of rotatable bonds is 4. The molecule has 4 heterocycles. The Balaban J connectivity index is 1.69. The number of fused-ring (bicyclic) bond motifs is 1. The SMILES string of the molecule is C[C@@H]1CCN(C(=O)c2nc(N[C@@H](C)c3ccccn3)nc3cc(N)sc23)C1. The van der Waals surface area contributed by atoms with Crippen molar-refractivity contribution in [3.63, 3.8) is 0 Å². The molecule has 0 saturated carbocycles. The maximum absolute atomic E-state index is 13.1. The standard InChI is InChI=1S/C19H22N6OS/c1-11-6-8-25(10-11)18(26)16-17-14(9-15(20)27-17)23-19(24-16)22-12(2)13-5-3-4-7-21-13/h3-5,7,9,11-12H,6,8,10,20H2,1-2H3,(H,22,23,24)/t11-,12+/m1/s1. The van der Waals surface area contributed by atoms with Crippen LogP contribution in [0, 0.1) is 5.92 Å². The molecule has 140 valence electrons. The Bertz CT molecular complexity index is 973. The topological polar surface area (TPSA) is 97.0 Å². The number of amides is 1. The molecule has 0 spiro atoms. The number of hydrogen-bond acceptors (Lipinski definition) is 7. The zero-order chi connectivity index (χ0) is 19.0. The summed E-state index contributed by atoms with van der Waals surface area (Å²) in [6, 6.07) is 7.46. The van der Waals surface area contributed by atoms with Crippen molar-refractivity contribution in [3.8, 4) is 0 Å². The van der Waals surface area contributed by atoms with Gasteiger partial charge in [-0.2, -0.15) is 0 Å². The molecule has 0 aromatic carbocycles. The summed E-state index contributed by atoms with van der Waals surface area (Å²) >= 11 is 1.36. The molecule has 4 rings (SSSR count). The third-order valence-corrected chi connectivity index (χ3v) is 5.74. The summed E-state index contributed by atoms with van der Waals surface area (Å²) in [5.74, 6) is 0.873. The first-order chi connectivity index (χ1) is 13.0. The number of thiophene rings is 1. The normalized spacial score (nSPS) is 18.0. The number of nitrogens with zero attached hydrogens (tertiary/aromatic N) is 4. The Morgan fingerprint density at radius 1 is 1.41 bits per heavy atom. The first-order valence-corrected chi connectivity index (χ1v) is 9.86. The van der Waals surface area contributed by atoms with Crippen LogP contribution in [0.15, 0.2) is 30.5 Å². The molecule has 3 aromatic rings. The van der Waals surface area contributed by atoms with Crippen LogP contribution in [-0.4, -0.2) is 38.8 Å². The van der Waals surface area contributed by atoms with Gasteiger partial charge in [0, 0.05) is 19.3 Å². The maximum atomic E-state index is 13.1. The third-order valence-electron chi connectivity index (χ3n) is 4.78. The van der Waals surface area contributed by atoms with Gasteiger partial charge in [0.25, 0.3) is 5.91 Å². The van der Waals surface area contributed by atoms with Gasteiger partial charge in [-0.1, -0.05) is 13.0 Å². The highest BCUT2D eigenvalue weighted by atomic mass is 32.1. The fourth-order valence-electron chi connectivity index (χ4n) is 3.33. The lowest BCUT2D eigenvalue weighted by molar-refractivity contribution is 0.0784. The second-order valence-electron chi connectivity index (χ2n) is 7.02. The number of nitrogen functional groups attached to an aromatic ring is 1. The largest absolute Gasteiger partial charge is 0.391 e. The number of likely N-dealkylation sites (tertiary alicyclic amines) is 1. The van der Waals surface area contributed by atoms with Crippen molar-refractivity contribution in [1.82, 2.24) is 19.9 Å². The Morgan fingerprint density at radius 3 is 2.96 bits per heavy atom. The molecule has 0 aliphatic carbocycles. The highest BCUT2D eigenvalue weighted by Crippen LogP contribution is 2.31. The van der Waals surface area contributed by atoms with Crippen LogP contribution in [0.5, 0.6) is 0 Å². The molecular formula is C19H22N6OS. The van der Waals surface area contributed by atoms with E-state index in [2.05, 4.69) is 27.2 Å². The number of carbonyl (C=O) groups excluding carboxylic acids is 1. The molecule has 0 unspecified atom stereocenters. The Labute approximate surface area is 161 Å². The van der Waals surface area contributed by atoms with Crippen molar-refractivity contribution in [1.29, 1.82) is 0 Å². The van der Waals surface area contributed by atoms with Crippen LogP contribution in [0.2, 0.25) is 0 Å². The quantitative estimate of drug-likeness (QED) is 0.718. The van der Waals surface area contributed by atoms with Gasteiger partial charge in [-0.25, -0.2) is 9.97 Å². The minimum atomic E-state index is -0.0885. The number of hydrogen-bond donors (Lipinski definition) is 2. The molecule has 8 heteroatoms. The van der Waals surface area contributed by atoms with Gasteiger partial charge in [-0.3, -0.25) is 9.78 Å². The number of aromatic nitrogens is 3. The molecule has 3 aromatic heterocycles. The summed E-state index contributed by atoms with van der Waals surface area (Å²) in [6.45, 7) is 5.67.